The Labute approximate surface area is 176 Å². The summed E-state index contributed by atoms with van der Waals surface area (Å²) in [5.41, 5.74) is 2.31. The average molecular weight is 422 g/mol. The first kappa shape index (κ1) is 18.8. The Morgan fingerprint density at radius 3 is 2.40 bits per heavy atom. The van der Waals surface area contributed by atoms with Gasteiger partial charge >= 0.3 is 0 Å². The van der Waals surface area contributed by atoms with E-state index in [1.807, 2.05) is 24.3 Å². The number of halogens is 2. The smallest absolute Gasteiger partial charge is 0.269 e. The molecule has 4 nitrogen and oxygen atoms in total. The minimum absolute atomic E-state index is 0.102. The number of anilines is 2. The van der Waals surface area contributed by atoms with Crippen LogP contribution in [0.3, 0.4) is 0 Å². The molecule has 2 amide bonds. The number of benzene rings is 3. The fourth-order valence-electron chi connectivity index (χ4n) is 4.15. The third-order valence-electron chi connectivity index (χ3n) is 5.36. The Morgan fingerprint density at radius 1 is 0.900 bits per heavy atom. The highest BCUT2D eigenvalue weighted by molar-refractivity contribution is 8.02. The SMILES string of the molecule is O=C1CSC2(C(=O)N(Cc3cccc(F)c3)c3ccccc32)N1c1cccc(F)c1. The van der Waals surface area contributed by atoms with Crippen molar-refractivity contribution in [2.45, 2.75) is 11.4 Å². The van der Waals surface area contributed by atoms with Crippen LogP contribution in [0.1, 0.15) is 11.1 Å². The number of hydrogen-bond acceptors (Lipinski definition) is 3. The van der Waals surface area contributed by atoms with Crippen LogP contribution in [0.25, 0.3) is 0 Å². The molecule has 3 aromatic rings. The second kappa shape index (κ2) is 6.95. The van der Waals surface area contributed by atoms with Crippen LogP contribution in [0.15, 0.2) is 72.8 Å². The van der Waals surface area contributed by atoms with E-state index >= 15 is 0 Å². The zero-order chi connectivity index (χ0) is 20.9. The number of para-hydroxylation sites is 1. The van der Waals surface area contributed by atoms with Crippen molar-refractivity contribution >= 4 is 35.0 Å². The van der Waals surface area contributed by atoms with Crippen molar-refractivity contribution in [3.8, 4) is 0 Å². The van der Waals surface area contributed by atoms with Crippen LogP contribution in [0, 0.1) is 11.6 Å². The fraction of sp³-hybridized carbons (Fsp3) is 0.130. The molecule has 3 aromatic carbocycles. The molecule has 5 rings (SSSR count). The lowest BCUT2D eigenvalue weighted by molar-refractivity contribution is -0.123. The molecule has 1 fully saturated rings. The number of amides is 2. The second-order valence-electron chi connectivity index (χ2n) is 7.18. The lowest BCUT2D eigenvalue weighted by Gasteiger charge is -2.33. The van der Waals surface area contributed by atoms with Crippen LogP contribution in [0.4, 0.5) is 20.2 Å². The highest BCUT2D eigenvalue weighted by Gasteiger charge is 2.60. The van der Waals surface area contributed by atoms with Crippen LogP contribution >= 0.6 is 11.8 Å². The normalized spacial score (nSPS) is 20.3. The molecule has 0 aliphatic carbocycles. The predicted octanol–water partition coefficient (Wildman–Crippen LogP) is 4.44. The molecule has 0 N–H and O–H groups in total. The summed E-state index contributed by atoms with van der Waals surface area (Å²) < 4.78 is 27.6. The van der Waals surface area contributed by atoms with Crippen molar-refractivity contribution in [2.75, 3.05) is 15.6 Å². The van der Waals surface area contributed by atoms with Gasteiger partial charge in [0, 0.05) is 11.3 Å². The van der Waals surface area contributed by atoms with E-state index in [1.54, 1.807) is 23.1 Å². The van der Waals surface area contributed by atoms with Gasteiger partial charge in [-0.25, -0.2) is 8.78 Å². The van der Waals surface area contributed by atoms with E-state index in [0.717, 1.165) is 0 Å². The van der Waals surface area contributed by atoms with Gasteiger partial charge in [0.15, 0.2) is 0 Å². The summed E-state index contributed by atoms with van der Waals surface area (Å²) in [6, 6.07) is 19.0. The fourth-order valence-corrected chi connectivity index (χ4v) is 5.51. The van der Waals surface area contributed by atoms with Crippen molar-refractivity contribution in [1.29, 1.82) is 0 Å². The highest BCUT2D eigenvalue weighted by atomic mass is 32.2. The Bertz CT molecular complexity index is 1190. The first-order valence-corrected chi connectivity index (χ1v) is 10.4. The number of hydrogen-bond donors (Lipinski definition) is 0. The van der Waals surface area contributed by atoms with E-state index in [9.17, 15) is 18.4 Å². The largest absolute Gasteiger partial charge is 0.304 e. The number of thioether (sulfide) groups is 1. The van der Waals surface area contributed by atoms with Gasteiger partial charge in [0.1, 0.15) is 11.6 Å². The molecule has 30 heavy (non-hydrogen) atoms. The molecule has 150 valence electrons. The Morgan fingerprint density at radius 2 is 1.63 bits per heavy atom. The Balaban J connectivity index is 1.65. The van der Waals surface area contributed by atoms with Gasteiger partial charge in [-0.05, 0) is 42.0 Å². The minimum Gasteiger partial charge on any atom is -0.304 e. The van der Waals surface area contributed by atoms with E-state index in [2.05, 4.69) is 0 Å². The first-order valence-electron chi connectivity index (χ1n) is 9.39. The van der Waals surface area contributed by atoms with Crippen molar-refractivity contribution < 1.29 is 18.4 Å². The summed E-state index contributed by atoms with van der Waals surface area (Å²) in [5.74, 6) is -1.32. The summed E-state index contributed by atoms with van der Waals surface area (Å²) >= 11 is 1.23. The topological polar surface area (TPSA) is 40.6 Å². The molecule has 2 aliphatic rings. The molecule has 7 heteroatoms. The van der Waals surface area contributed by atoms with Crippen LogP contribution in [0.5, 0.6) is 0 Å². The number of carbonyl (C=O) groups is 2. The van der Waals surface area contributed by atoms with Gasteiger partial charge < -0.3 is 4.90 Å². The molecule has 1 saturated heterocycles. The Kier molecular flexibility index (Phi) is 4.36. The van der Waals surface area contributed by atoms with Crippen LogP contribution in [-0.4, -0.2) is 17.6 Å². The molecular formula is C23H16F2N2O2S. The third kappa shape index (κ3) is 2.73. The van der Waals surface area contributed by atoms with Gasteiger partial charge in [-0.1, -0.05) is 36.4 Å². The van der Waals surface area contributed by atoms with Crippen molar-refractivity contribution in [3.63, 3.8) is 0 Å². The summed E-state index contributed by atoms with van der Waals surface area (Å²) in [4.78, 5) is 28.3. The molecule has 2 heterocycles. The monoisotopic (exact) mass is 422 g/mol. The standard InChI is InChI=1S/C23H16F2N2O2S/c24-16-6-3-5-15(11-16)13-26-20-10-2-1-9-19(20)23(22(26)29)27(21(28)14-30-23)18-8-4-7-17(25)12-18/h1-12H,13-14H2. The third-order valence-corrected chi connectivity index (χ3v) is 6.75. The zero-order valence-electron chi connectivity index (χ0n) is 15.7. The molecule has 1 unspecified atom stereocenters. The van der Waals surface area contributed by atoms with E-state index < -0.39 is 10.7 Å². The molecule has 0 bridgehead atoms. The molecule has 2 aliphatic heterocycles. The van der Waals surface area contributed by atoms with Crippen LogP contribution < -0.4 is 9.80 Å². The predicted molar refractivity (Wildman–Crippen MR) is 112 cm³/mol. The van der Waals surface area contributed by atoms with E-state index in [4.69, 9.17) is 0 Å². The van der Waals surface area contributed by atoms with Gasteiger partial charge in [-0.15, -0.1) is 11.8 Å². The zero-order valence-corrected chi connectivity index (χ0v) is 16.5. The van der Waals surface area contributed by atoms with Crippen LogP contribution in [-0.2, 0) is 21.0 Å². The number of fused-ring (bicyclic) bond motifs is 2. The van der Waals surface area contributed by atoms with Gasteiger partial charge in [-0.2, -0.15) is 0 Å². The lowest BCUT2D eigenvalue weighted by atomic mass is 10.0. The summed E-state index contributed by atoms with van der Waals surface area (Å²) in [5, 5.41) is 0. The van der Waals surface area contributed by atoms with Crippen LogP contribution in [0.2, 0.25) is 0 Å². The molecule has 1 atom stereocenters. The maximum absolute atomic E-state index is 13.9. The number of nitrogens with zero attached hydrogens (tertiary/aromatic N) is 2. The number of rotatable bonds is 3. The maximum Gasteiger partial charge on any atom is 0.269 e. The number of carbonyl (C=O) groups excluding carboxylic acids is 2. The average Bonchev–Trinajstić information content (AvgIpc) is 3.19. The molecule has 0 aromatic heterocycles. The quantitative estimate of drug-likeness (QED) is 0.627. The van der Waals surface area contributed by atoms with E-state index in [1.165, 1.54) is 47.0 Å². The molecule has 0 radical (unpaired) electrons. The van der Waals surface area contributed by atoms with Crippen molar-refractivity contribution in [3.05, 3.63) is 95.6 Å². The summed E-state index contributed by atoms with van der Waals surface area (Å²) in [6.07, 6.45) is 0. The maximum atomic E-state index is 13.9. The highest BCUT2D eigenvalue weighted by Crippen LogP contribution is 2.55. The van der Waals surface area contributed by atoms with E-state index in [0.29, 0.717) is 22.5 Å². The molecule has 0 saturated carbocycles. The van der Waals surface area contributed by atoms with Gasteiger partial charge in [0.2, 0.25) is 10.8 Å². The lowest BCUT2D eigenvalue weighted by Crippen LogP contribution is -2.49. The second-order valence-corrected chi connectivity index (χ2v) is 8.35. The first-order chi connectivity index (χ1) is 14.5. The van der Waals surface area contributed by atoms with Gasteiger partial charge in [0.05, 0.1) is 18.0 Å². The minimum atomic E-state index is -1.31. The van der Waals surface area contributed by atoms with Gasteiger partial charge in [0.25, 0.3) is 5.91 Å². The summed E-state index contributed by atoms with van der Waals surface area (Å²) in [7, 11) is 0. The van der Waals surface area contributed by atoms with Gasteiger partial charge in [-0.3, -0.25) is 14.5 Å². The van der Waals surface area contributed by atoms with Crippen molar-refractivity contribution in [1.82, 2.24) is 0 Å². The Hall–Kier alpha value is -3.19. The van der Waals surface area contributed by atoms with E-state index in [-0.39, 0.29) is 29.9 Å². The molecule has 1 spiro atoms. The van der Waals surface area contributed by atoms with Crippen molar-refractivity contribution in [2.24, 2.45) is 0 Å². The molecular weight excluding hydrogens is 406 g/mol. The summed E-state index contributed by atoms with van der Waals surface area (Å²) in [6.45, 7) is 0.168.